The average Bonchev–Trinajstić information content (AvgIpc) is 2.82. The minimum atomic E-state index is -0.469. The Balaban J connectivity index is 1.84. The minimum absolute atomic E-state index is 0.0128. The largest absolute Gasteiger partial charge is 0.493 e. The monoisotopic (exact) mass is 442 g/mol. The van der Waals surface area contributed by atoms with E-state index in [4.69, 9.17) is 17.0 Å². The first-order valence-electron chi connectivity index (χ1n) is 10.4. The number of nitrogens with zero attached hydrogens (tertiary/aromatic N) is 2. The van der Waals surface area contributed by atoms with Gasteiger partial charge < -0.3 is 4.74 Å². The highest BCUT2D eigenvalue weighted by Crippen LogP contribution is 2.31. The molecule has 0 atom stereocenters. The molecule has 160 valence electrons. The van der Waals surface area contributed by atoms with E-state index >= 15 is 0 Å². The summed E-state index contributed by atoms with van der Waals surface area (Å²) in [6.07, 6.45) is 2.43. The Bertz CT molecular complexity index is 1110. The molecule has 0 aromatic heterocycles. The van der Waals surface area contributed by atoms with E-state index in [1.807, 2.05) is 67.6 Å². The van der Waals surface area contributed by atoms with Crippen molar-refractivity contribution >= 4 is 46.6 Å². The first kappa shape index (κ1) is 21.5. The van der Waals surface area contributed by atoms with E-state index in [0.717, 1.165) is 6.42 Å². The molecule has 0 spiro atoms. The molecule has 0 aliphatic carbocycles. The predicted octanol–water partition coefficient (Wildman–Crippen LogP) is 5.22. The normalized spacial score (nSPS) is 14.0. The number of hydrogen-bond donors (Lipinski definition) is 0. The lowest BCUT2D eigenvalue weighted by atomic mass is 10.0. The molecule has 1 fully saturated rings. The third-order valence-electron chi connectivity index (χ3n) is 4.96. The number of carbonyl (C=O) groups is 2. The van der Waals surface area contributed by atoms with Crippen LogP contribution in [0.25, 0.3) is 6.08 Å². The van der Waals surface area contributed by atoms with E-state index in [9.17, 15) is 9.59 Å². The van der Waals surface area contributed by atoms with E-state index in [1.165, 1.54) is 9.80 Å². The fourth-order valence-electron chi connectivity index (χ4n) is 3.44. The molecule has 0 bridgehead atoms. The van der Waals surface area contributed by atoms with Gasteiger partial charge in [-0.05, 0) is 55.0 Å². The van der Waals surface area contributed by atoms with Gasteiger partial charge >= 0.3 is 0 Å². The first-order valence-corrected chi connectivity index (χ1v) is 10.8. The van der Waals surface area contributed by atoms with Crippen molar-refractivity contribution in [3.63, 3.8) is 0 Å². The van der Waals surface area contributed by atoms with Gasteiger partial charge in [0.25, 0.3) is 11.8 Å². The molecule has 0 saturated carbocycles. The van der Waals surface area contributed by atoms with Crippen LogP contribution in [-0.2, 0) is 9.59 Å². The second-order valence-corrected chi connectivity index (χ2v) is 7.54. The summed E-state index contributed by atoms with van der Waals surface area (Å²) in [4.78, 5) is 29.9. The van der Waals surface area contributed by atoms with E-state index in [2.05, 4.69) is 0 Å². The SMILES string of the molecule is CCCOc1ccccc1C=C1C(=O)N(c2ccccc2)C(=S)N(c2ccccc2)C1=O. The van der Waals surface area contributed by atoms with E-state index in [-0.39, 0.29) is 10.7 Å². The van der Waals surface area contributed by atoms with Crippen LogP contribution in [0.4, 0.5) is 11.4 Å². The van der Waals surface area contributed by atoms with Gasteiger partial charge in [0.15, 0.2) is 5.11 Å². The Morgan fingerprint density at radius 1 is 0.781 bits per heavy atom. The highest BCUT2D eigenvalue weighted by atomic mass is 32.1. The molecule has 1 saturated heterocycles. The van der Waals surface area contributed by atoms with Gasteiger partial charge in [0.05, 0.1) is 18.0 Å². The molecule has 0 unspecified atom stereocenters. The van der Waals surface area contributed by atoms with Crippen molar-refractivity contribution in [1.82, 2.24) is 0 Å². The van der Waals surface area contributed by atoms with Crippen molar-refractivity contribution in [3.05, 3.63) is 96.1 Å². The number of amides is 2. The van der Waals surface area contributed by atoms with Crippen LogP contribution in [-0.4, -0.2) is 23.5 Å². The molecule has 1 aliphatic heterocycles. The highest BCUT2D eigenvalue weighted by Gasteiger charge is 2.41. The molecule has 32 heavy (non-hydrogen) atoms. The highest BCUT2D eigenvalue weighted by molar-refractivity contribution is 7.81. The fraction of sp³-hybridized carbons (Fsp3) is 0.115. The lowest BCUT2D eigenvalue weighted by Crippen LogP contribution is -2.56. The van der Waals surface area contributed by atoms with Crippen molar-refractivity contribution in [2.75, 3.05) is 16.4 Å². The van der Waals surface area contributed by atoms with Crippen LogP contribution in [0.1, 0.15) is 18.9 Å². The molecule has 3 aromatic rings. The van der Waals surface area contributed by atoms with Crippen LogP contribution >= 0.6 is 12.2 Å². The minimum Gasteiger partial charge on any atom is -0.493 e. The molecule has 0 radical (unpaired) electrons. The van der Waals surface area contributed by atoms with Crippen molar-refractivity contribution in [2.24, 2.45) is 0 Å². The number of carbonyl (C=O) groups excluding carboxylic acids is 2. The summed E-state index contributed by atoms with van der Waals surface area (Å²) >= 11 is 5.63. The summed E-state index contributed by atoms with van der Waals surface area (Å²) in [7, 11) is 0. The lowest BCUT2D eigenvalue weighted by molar-refractivity contribution is -0.120. The zero-order chi connectivity index (χ0) is 22.5. The number of benzene rings is 3. The van der Waals surface area contributed by atoms with Gasteiger partial charge in [-0.25, -0.2) is 0 Å². The van der Waals surface area contributed by atoms with Gasteiger partial charge in [0, 0.05) is 5.56 Å². The number of ether oxygens (including phenoxy) is 1. The van der Waals surface area contributed by atoms with Crippen LogP contribution in [0.2, 0.25) is 0 Å². The Labute approximate surface area is 192 Å². The predicted molar refractivity (Wildman–Crippen MR) is 131 cm³/mol. The van der Waals surface area contributed by atoms with Gasteiger partial charge in [-0.15, -0.1) is 0 Å². The molecule has 6 heteroatoms. The lowest BCUT2D eigenvalue weighted by Gasteiger charge is -2.36. The molecule has 3 aromatic carbocycles. The van der Waals surface area contributed by atoms with Gasteiger partial charge in [0.1, 0.15) is 11.3 Å². The van der Waals surface area contributed by atoms with Crippen LogP contribution in [0, 0.1) is 0 Å². The van der Waals surface area contributed by atoms with Crippen molar-refractivity contribution in [1.29, 1.82) is 0 Å². The molecule has 0 N–H and O–H groups in total. The standard InChI is InChI=1S/C26H22N2O3S/c1-2-17-31-23-16-10-9-11-19(23)18-22-24(29)27(20-12-5-3-6-13-20)26(32)28(25(22)30)21-14-7-4-8-15-21/h3-16,18H,2,17H2,1H3. The van der Waals surface area contributed by atoms with Crippen LogP contribution in [0.15, 0.2) is 90.5 Å². The maximum absolute atomic E-state index is 13.5. The smallest absolute Gasteiger partial charge is 0.270 e. The molecule has 4 rings (SSSR count). The maximum Gasteiger partial charge on any atom is 0.270 e. The summed E-state index contributed by atoms with van der Waals surface area (Å²) in [6.45, 7) is 2.56. The Kier molecular flexibility index (Phi) is 6.42. The Hall–Kier alpha value is -3.77. The fourth-order valence-corrected chi connectivity index (χ4v) is 3.81. The summed E-state index contributed by atoms with van der Waals surface area (Å²) in [5.41, 5.74) is 1.86. The third-order valence-corrected chi connectivity index (χ3v) is 5.32. The second-order valence-electron chi connectivity index (χ2n) is 7.18. The van der Waals surface area contributed by atoms with Crippen molar-refractivity contribution in [2.45, 2.75) is 13.3 Å². The molecule has 1 aliphatic rings. The zero-order valence-corrected chi connectivity index (χ0v) is 18.4. The molecule has 2 amide bonds. The summed E-state index contributed by atoms with van der Waals surface area (Å²) in [5.74, 6) is -0.319. The van der Waals surface area contributed by atoms with Crippen molar-refractivity contribution in [3.8, 4) is 5.75 Å². The summed E-state index contributed by atoms with van der Waals surface area (Å²) in [5, 5.41) is 0.116. The van der Waals surface area contributed by atoms with Gasteiger partial charge in [0.2, 0.25) is 0 Å². The van der Waals surface area contributed by atoms with Crippen molar-refractivity contribution < 1.29 is 14.3 Å². The topological polar surface area (TPSA) is 49.9 Å². The zero-order valence-electron chi connectivity index (χ0n) is 17.6. The number of hydrogen-bond acceptors (Lipinski definition) is 4. The molecule has 5 nitrogen and oxygen atoms in total. The third kappa shape index (κ3) is 4.18. The van der Waals surface area contributed by atoms with E-state index in [0.29, 0.717) is 29.3 Å². The molecular weight excluding hydrogens is 420 g/mol. The second kappa shape index (κ2) is 9.58. The van der Waals surface area contributed by atoms with Crippen LogP contribution < -0.4 is 14.5 Å². The summed E-state index contributed by atoms with van der Waals surface area (Å²) < 4.78 is 5.82. The molecule has 1 heterocycles. The summed E-state index contributed by atoms with van der Waals surface area (Å²) in [6, 6.07) is 25.5. The van der Waals surface area contributed by atoms with Crippen LogP contribution in [0.3, 0.4) is 0 Å². The average molecular weight is 443 g/mol. The van der Waals surface area contributed by atoms with E-state index in [1.54, 1.807) is 30.3 Å². The first-order chi connectivity index (χ1) is 15.6. The van der Waals surface area contributed by atoms with Gasteiger partial charge in [-0.1, -0.05) is 61.5 Å². The van der Waals surface area contributed by atoms with E-state index < -0.39 is 11.8 Å². The van der Waals surface area contributed by atoms with Crippen LogP contribution in [0.5, 0.6) is 5.75 Å². The number of anilines is 2. The maximum atomic E-state index is 13.5. The Morgan fingerprint density at radius 2 is 1.28 bits per heavy atom. The number of thiocarbonyl (C=S) groups is 1. The van der Waals surface area contributed by atoms with Gasteiger partial charge in [-0.3, -0.25) is 19.4 Å². The quantitative estimate of drug-likeness (QED) is 0.298. The molecular formula is C26H22N2O3S. The number of para-hydroxylation sites is 3. The Morgan fingerprint density at radius 3 is 1.81 bits per heavy atom. The number of rotatable bonds is 6. The van der Waals surface area contributed by atoms with Gasteiger partial charge in [-0.2, -0.15) is 0 Å².